The fourth-order valence-electron chi connectivity index (χ4n) is 4.78. The minimum Gasteiger partial charge on any atom is -0.351 e. The van der Waals surface area contributed by atoms with Crippen molar-refractivity contribution in [1.29, 1.82) is 0 Å². The van der Waals surface area contributed by atoms with Crippen LogP contribution in [0.15, 0.2) is 48.5 Å². The highest BCUT2D eigenvalue weighted by molar-refractivity contribution is 6.30. The number of hydrogen-bond donors (Lipinski definition) is 1. The van der Waals surface area contributed by atoms with Gasteiger partial charge in [0.1, 0.15) is 0 Å². The molecule has 0 spiro atoms. The molecule has 6 nitrogen and oxygen atoms in total. The molecule has 7 heteroatoms. The third-order valence-corrected chi connectivity index (χ3v) is 6.71. The molecule has 0 radical (unpaired) electrons. The second-order valence-electron chi connectivity index (χ2n) is 8.52. The minimum atomic E-state index is -0.434. The molecule has 0 bridgehead atoms. The van der Waals surface area contributed by atoms with Gasteiger partial charge in [-0.2, -0.15) is 0 Å². The van der Waals surface area contributed by atoms with E-state index in [2.05, 4.69) is 6.08 Å². The van der Waals surface area contributed by atoms with Crippen LogP contribution in [0.25, 0.3) is 22.6 Å². The van der Waals surface area contributed by atoms with E-state index in [4.69, 9.17) is 22.3 Å². The Balaban J connectivity index is 1.56. The molecule has 0 unspecified atom stereocenters. The highest BCUT2D eigenvalue weighted by atomic mass is 35.5. The van der Waals surface area contributed by atoms with E-state index in [1.807, 2.05) is 53.4 Å². The van der Waals surface area contributed by atoms with Crippen LogP contribution < -0.4 is 5.73 Å². The van der Waals surface area contributed by atoms with Gasteiger partial charge in [0, 0.05) is 36.6 Å². The molecule has 5 rings (SSSR count). The molecule has 1 aromatic heterocycles. The quantitative estimate of drug-likeness (QED) is 0.606. The highest BCUT2D eigenvalue weighted by Crippen LogP contribution is 2.38. The zero-order valence-corrected chi connectivity index (χ0v) is 19.0. The van der Waals surface area contributed by atoms with Crippen LogP contribution in [0.1, 0.15) is 40.0 Å². The van der Waals surface area contributed by atoms with Gasteiger partial charge in [0.15, 0.2) is 0 Å². The molecule has 168 valence electrons. The van der Waals surface area contributed by atoms with E-state index in [1.54, 1.807) is 4.90 Å². The van der Waals surface area contributed by atoms with E-state index in [0.29, 0.717) is 37.6 Å². The number of fused-ring (bicyclic) bond motifs is 2. The van der Waals surface area contributed by atoms with Crippen molar-refractivity contribution in [2.24, 2.45) is 5.73 Å². The number of allylic oxidation sites excluding steroid dienone is 1. The third kappa shape index (κ3) is 4.18. The molecule has 1 aliphatic heterocycles. The molecule has 3 amide bonds. The van der Waals surface area contributed by atoms with Crippen molar-refractivity contribution in [2.75, 3.05) is 26.2 Å². The second-order valence-corrected chi connectivity index (χ2v) is 8.96. The number of urea groups is 1. The Morgan fingerprint density at radius 2 is 1.67 bits per heavy atom. The average Bonchev–Trinajstić information content (AvgIpc) is 3.04. The molecular formula is C26H25ClN4O2. The largest absolute Gasteiger partial charge is 0.351 e. The van der Waals surface area contributed by atoms with Crippen LogP contribution in [0.3, 0.4) is 0 Å². The van der Waals surface area contributed by atoms with E-state index in [0.717, 1.165) is 51.7 Å². The van der Waals surface area contributed by atoms with Crippen molar-refractivity contribution in [3.05, 3.63) is 75.9 Å². The van der Waals surface area contributed by atoms with Gasteiger partial charge in [0.05, 0.1) is 16.8 Å². The van der Waals surface area contributed by atoms with Gasteiger partial charge in [0.25, 0.3) is 5.91 Å². The lowest BCUT2D eigenvalue weighted by molar-refractivity contribution is 0.0763. The van der Waals surface area contributed by atoms with E-state index >= 15 is 0 Å². The number of rotatable bonds is 2. The fourth-order valence-corrected chi connectivity index (χ4v) is 4.91. The van der Waals surface area contributed by atoms with E-state index in [1.165, 1.54) is 0 Å². The van der Waals surface area contributed by atoms with Crippen LogP contribution in [-0.2, 0) is 6.42 Å². The lowest BCUT2D eigenvalue weighted by atomic mass is 9.99. The van der Waals surface area contributed by atoms with Gasteiger partial charge in [-0.15, -0.1) is 0 Å². The first-order valence-corrected chi connectivity index (χ1v) is 11.6. The predicted octanol–water partition coefficient (Wildman–Crippen LogP) is 4.60. The number of primary amides is 1. The normalized spacial score (nSPS) is 17.3. The monoisotopic (exact) mass is 460 g/mol. The Morgan fingerprint density at radius 1 is 0.939 bits per heavy atom. The van der Waals surface area contributed by atoms with Crippen molar-refractivity contribution in [2.45, 2.75) is 19.3 Å². The number of pyridine rings is 1. The molecule has 1 fully saturated rings. The Labute approximate surface area is 197 Å². The van der Waals surface area contributed by atoms with E-state index in [9.17, 15) is 9.59 Å². The number of carbonyl (C=O) groups is 2. The van der Waals surface area contributed by atoms with E-state index < -0.39 is 6.03 Å². The van der Waals surface area contributed by atoms with Crippen LogP contribution in [0.2, 0.25) is 5.02 Å². The zero-order valence-electron chi connectivity index (χ0n) is 18.3. The molecule has 1 aliphatic carbocycles. The van der Waals surface area contributed by atoms with Crippen LogP contribution in [0, 0.1) is 0 Å². The number of benzene rings is 2. The summed E-state index contributed by atoms with van der Waals surface area (Å²) in [6.07, 6.45) is 4.45. The number of carbonyl (C=O) groups excluding carboxylic acids is 2. The van der Waals surface area contributed by atoms with Crippen LogP contribution >= 0.6 is 11.6 Å². The summed E-state index contributed by atoms with van der Waals surface area (Å²) in [5, 5.41) is 1.58. The number of nitrogens with zero attached hydrogens (tertiary/aromatic N) is 3. The minimum absolute atomic E-state index is 0.00362. The summed E-state index contributed by atoms with van der Waals surface area (Å²) in [5.41, 5.74) is 11.1. The first-order valence-electron chi connectivity index (χ1n) is 11.2. The molecule has 33 heavy (non-hydrogen) atoms. The summed E-state index contributed by atoms with van der Waals surface area (Å²) in [6, 6.07) is 15.1. The number of aromatic nitrogens is 1. The van der Waals surface area contributed by atoms with Gasteiger partial charge in [-0.3, -0.25) is 4.79 Å². The maximum atomic E-state index is 13.8. The van der Waals surface area contributed by atoms with Crippen molar-refractivity contribution < 1.29 is 9.59 Å². The number of amides is 3. The van der Waals surface area contributed by atoms with Crippen molar-refractivity contribution in [3.63, 3.8) is 0 Å². The second kappa shape index (κ2) is 8.87. The molecule has 2 N–H and O–H groups in total. The van der Waals surface area contributed by atoms with Crippen molar-refractivity contribution in [3.8, 4) is 0 Å². The Kier molecular flexibility index (Phi) is 5.77. The van der Waals surface area contributed by atoms with Crippen molar-refractivity contribution >= 4 is 46.1 Å². The number of hydrogen-bond acceptors (Lipinski definition) is 3. The molecule has 0 saturated carbocycles. The molecule has 2 heterocycles. The first kappa shape index (κ1) is 21.5. The predicted molar refractivity (Wildman–Crippen MR) is 131 cm³/mol. The first-order chi connectivity index (χ1) is 16.0. The Bertz CT molecular complexity index is 1270. The van der Waals surface area contributed by atoms with Gasteiger partial charge in [0.2, 0.25) is 0 Å². The Morgan fingerprint density at radius 3 is 2.45 bits per heavy atom. The maximum absolute atomic E-state index is 13.8. The van der Waals surface area contributed by atoms with Gasteiger partial charge in [-0.1, -0.05) is 41.9 Å². The van der Waals surface area contributed by atoms with Crippen LogP contribution in [-0.4, -0.2) is 52.9 Å². The number of nitrogens with two attached hydrogens (primary N) is 1. The SMILES string of the molecule is NC(=O)N1CCCN(C(=O)c2c3c(nc4ccccc24)C(=Cc2ccc(Cl)cc2)CC3)CC1. The van der Waals surface area contributed by atoms with Crippen molar-refractivity contribution in [1.82, 2.24) is 14.8 Å². The molecule has 3 aromatic rings. The summed E-state index contributed by atoms with van der Waals surface area (Å²) in [4.78, 5) is 33.9. The summed E-state index contributed by atoms with van der Waals surface area (Å²) in [6.45, 7) is 2.10. The van der Waals surface area contributed by atoms with Gasteiger partial charge in [-0.05, 0) is 60.2 Å². The summed E-state index contributed by atoms with van der Waals surface area (Å²) in [7, 11) is 0. The van der Waals surface area contributed by atoms with Gasteiger partial charge in [-0.25, -0.2) is 9.78 Å². The molecule has 1 saturated heterocycles. The molecule has 2 aliphatic rings. The Hall–Kier alpha value is -3.38. The lowest BCUT2D eigenvalue weighted by Crippen LogP contribution is -2.40. The molecule has 0 atom stereocenters. The highest BCUT2D eigenvalue weighted by Gasteiger charge is 2.30. The fraction of sp³-hybridized carbons (Fsp3) is 0.269. The van der Waals surface area contributed by atoms with Crippen LogP contribution in [0.5, 0.6) is 0 Å². The maximum Gasteiger partial charge on any atom is 0.314 e. The summed E-state index contributed by atoms with van der Waals surface area (Å²) < 4.78 is 0. The average molecular weight is 461 g/mol. The third-order valence-electron chi connectivity index (χ3n) is 6.46. The standard InChI is InChI=1S/C26H25ClN4O2/c27-19-9-6-17(7-10-19)16-18-8-11-21-23(20-4-1-2-5-22(20)29-24(18)21)25(32)30-12-3-13-31(15-14-30)26(28)33/h1-2,4-7,9-10,16H,3,8,11-15H2,(H2,28,33). The molecule has 2 aromatic carbocycles. The smallest absolute Gasteiger partial charge is 0.314 e. The van der Waals surface area contributed by atoms with E-state index in [-0.39, 0.29) is 5.91 Å². The number of para-hydroxylation sites is 1. The topological polar surface area (TPSA) is 79.5 Å². The van der Waals surface area contributed by atoms with Gasteiger partial charge < -0.3 is 15.5 Å². The lowest BCUT2D eigenvalue weighted by Gasteiger charge is -2.23. The zero-order chi connectivity index (χ0) is 22.9. The summed E-state index contributed by atoms with van der Waals surface area (Å²) in [5.74, 6) is 0.00362. The summed E-state index contributed by atoms with van der Waals surface area (Å²) >= 11 is 6.04. The van der Waals surface area contributed by atoms with Crippen LogP contribution in [0.4, 0.5) is 4.79 Å². The number of halogens is 1. The molecular weight excluding hydrogens is 436 g/mol. The van der Waals surface area contributed by atoms with Gasteiger partial charge >= 0.3 is 6.03 Å².